The molecule has 7 heteroatoms. The van der Waals surface area contributed by atoms with Crippen molar-refractivity contribution in [2.75, 3.05) is 0 Å². The van der Waals surface area contributed by atoms with Gasteiger partial charge >= 0.3 is 21.1 Å². The van der Waals surface area contributed by atoms with Crippen LogP contribution in [0.5, 0.6) is 11.5 Å². The summed E-state index contributed by atoms with van der Waals surface area (Å²) in [5, 5.41) is 6.68. The molecule has 0 spiro atoms. The Morgan fingerprint density at radius 1 is 0.891 bits per heavy atom. The molecule has 0 amide bonds. The van der Waals surface area contributed by atoms with E-state index in [1.54, 1.807) is 0 Å². The fourth-order valence-electron chi connectivity index (χ4n) is 6.36. The molecule has 0 aliphatic rings. The normalized spacial score (nSPS) is 11.9. The van der Waals surface area contributed by atoms with Crippen LogP contribution >= 0.6 is 0 Å². The third-order valence-electron chi connectivity index (χ3n) is 8.43. The zero-order valence-electron chi connectivity index (χ0n) is 26.1. The van der Waals surface area contributed by atoms with Gasteiger partial charge in [-0.3, -0.25) is 4.68 Å². The molecule has 0 saturated heterocycles. The van der Waals surface area contributed by atoms with Crippen LogP contribution in [0.2, 0.25) is 0 Å². The predicted octanol–water partition coefficient (Wildman–Crippen LogP) is 10.1. The molecule has 0 fully saturated rings. The van der Waals surface area contributed by atoms with Crippen molar-refractivity contribution in [3.8, 4) is 34.1 Å². The zero-order valence-corrected chi connectivity index (χ0v) is 28.4. The zero-order chi connectivity index (χ0) is 31.1. The van der Waals surface area contributed by atoms with Gasteiger partial charge in [0.25, 0.3) is 0 Å². The predicted molar refractivity (Wildman–Crippen MR) is 178 cm³/mol. The minimum atomic E-state index is -0.351. The van der Waals surface area contributed by atoms with Crippen LogP contribution in [-0.2, 0) is 21.1 Å². The van der Waals surface area contributed by atoms with Crippen LogP contribution in [0.3, 0.4) is 0 Å². The summed E-state index contributed by atoms with van der Waals surface area (Å²) in [6, 6.07) is 31.8. The van der Waals surface area contributed by atoms with Gasteiger partial charge in [-0.2, -0.15) is 17.2 Å². The Morgan fingerprint density at radius 2 is 1.67 bits per heavy atom. The summed E-state index contributed by atoms with van der Waals surface area (Å²) >= 11 is 0. The first-order chi connectivity index (χ1) is 21.9. The first-order valence-electron chi connectivity index (χ1n) is 15.3. The molecule has 0 aliphatic heterocycles. The second-order valence-corrected chi connectivity index (χ2v) is 11.7. The Hall–Kier alpha value is -4.54. The van der Waals surface area contributed by atoms with Gasteiger partial charge in [-0.15, -0.1) is 35.7 Å². The number of aryl methyl sites for hydroxylation is 2. The van der Waals surface area contributed by atoms with Crippen molar-refractivity contribution in [2.45, 2.75) is 46.5 Å². The maximum Gasteiger partial charge on any atom is 2.00 e. The Morgan fingerprint density at radius 3 is 2.46 bits per heavy atom. The monoisotopic (exact) mass is 787 g/mol. The molecule has 0 radical (unpaired) electrons. The molecule has 7 aromatic rings. The largest absolute Gasteiger partial charge is 2.00 e. The van der Waals surface area contributed by atoms with Gasteiger partial charge < -0.3 is 9.30 Å². The van der Waals surface area contributed by atoms with Crippen molar-refractivity contribution >= 4 is 21.8 Å². The van der Waals surface area contributed by atoms with Crippen LogP contribution < -0.4 is 4.74 Å². The summed E-state index contributed by atoms with van der Waals surface area (Å²) < 4.78 is 24.2. The van der Waals surface area contributed by atoms with Crippen LogP contribution in [-0.4, -0.2) is 19.3 Å². The van der Waals surface area contributed by atoms with Gasteiger partial charge in [-0.1, -0.05) is 56.1 Å². The number of nitrogens with zero attached hydrogens (tertiary/aromatic N) is 4. The molecule has 3 aromatic heterocycles. The van der Waals surface area contributed by atoms with E-state index in [1.807, 2.05) is 76.2 Å². The number of benzene rings is 4. The number of aromatic nitrogens is 4. The first-order valence-corrected chi connectivity index (χ1v) is 15.3. The van der Waals surface area contributed by atoms with Gasteiger partial charge in [0.2, 0.25) is 0 Å². The van der Waals surface area contributed by atoms with E-state index in [0.717, 1.165) is 33.1 Å². The number of fused-ring (bicyclic) bond motifs is 3. The molecule has 1 atom stereocenters. The van der Waals surface area contributed by atoms with Gasteiger partial charge in [0, 0.05) is 41.0 Å². The summed E-state index contributed by atoms with van der Waals surface area (Å²) in [5.74, 6) is 1.72. The molecule has 0 saturated carbocycles. The number of hydrogen-bond acceptors (Lipinski definition) is 3. The molecule has 1 unspecified atom stereocenters. The fourth-order valence-corrected chi connectivity index (χ4v) is 6.36. The van der Waals surface area contributed by atoms with Crippen LogP contribution in [0.1, 0.15) is 49.3 Å². The van der Waals surface area contributed by atoms with Crippen LogP contribution in [0.4, 0.5) is 4.39 Å². The maximum absolute atomic E-state index is 14.2. The number of rotatable bonds is 8. The molecule has 46 heavy (non-hydrogen) atoms. The van der Waals surface area contributed by atoms with E-state index in [2.05, 4.69) is 62.0 Å². The molecule has 7 rings (SSSR count). The molecule has 0 aliphatic carbocycles. The fraction of sp³-hybridized carbons (Fsp3) is 0.179. The van der Waals surface area contributed by atoms with Crippen molar-refractivity contribution in [3.05, 3.63) is 132 Å². The molecule has 0 N–H and O–H groups in total. The molecular weight excluding hydrogens is 755 g/mol. The quantitative estimate of drug-likeness (QED) is 0.144. The first kappa shape index (κ1) is 31.4. The van der Waals surface area contributed by atoms with Gasteiger partial charge in [0.1, 0.15) is 11.6 Å². The van der Waals surface area contributed by atoms with Gasteiger partial charge in [0.05, 0.1) is 6.20 Å². The maximum atomic E-state index is 14.2. The molecule has 5 nitrogen and oxygen atoms in total. The van der Waals surface area contributed by atoms with E-state index >= 15 is 0 Å². The van der Waals surface area contributed by atoms with E-state index < -0.39 is 0 Å². The number of ether oxygens (including phenoxy) is 1. The summed E-state index contributed by atoms with van der Waals surface area (Å²) in [4.78, 5) is 4.44. The van der Waals surface area contributed by atoms with Crippen LogP contribution in [0.25, 0.3) is 44.4 Å². The Kier molecular flexibility index (Phi) is 8.92. The van der Waals surface area contributed by atoms with Gasteiger partial charge in [-0.25, -0.2) is 9.37 Å². The van der Waals surface area contributed by atoms with Crippen LogP contribution in [0, 0.1) is 31.8 Å². The van der Waals surface area contributed by atoms with Crippen molar-refractivity contribution in [3.63, 3.8) is 0 Å². The van der Waals surface area contributed by atoms with Gasteiger partial charge in [0.15, 0.2) is 0 Å². The molecule has 232 valence electrons. The number of para-hydroxylation sites is 1. The standard InChI is InChI=1S/C39H33FN4O.Pt/c1-5-9-25(2)28-18-26(3)39(27(4)19-28)29-23-42-43(24-29)31-10-8-11-32(21-31)45-33-14-15-35-34-12-6-7-13-36(34)44(37(35)22-33)38-20-30(40)16-17-41-38;/h6-8,10-20,23-25H,5,9H2,1-4H3;/q-2;+2. The van der Waals surface area contributed by atoms with E-state index in [0.29, 0.717) is 23.2 Å². The Labute approximate surface area is 282 Å². The average molecular weight is 788 g/mol. The topological polar surface area (TPSA) is 44.9 Å². The van der Waals surface area contributed by atoms with E-state index in [4.69, 9.17) is 4.74 Å². The van der Waals surface area contributed by atoms with Crippen molar-refractivity contribution in [1.82, 2.24) is 19.3 Å². The molecule has 0 bridgehead atoms. The third kappa shape index (κ3) is 5.90. The Balaban J connectivity index is 0.00000372. The number of halogens is 1. The Bertz CT molecular complexity index is 2160. The molecular formula is C39H33FN4OPt. The number of pyridine rings is 1. The molecule has 4 aromatic carbocycles. The minimum absolute atomic E-state index is 0. The number of hydrogen-bond donors (Lipinski definition) is 0. The van der Waals surface area contributed by atoms with E-state index in [9.17, 15) is 4.39 Å². The van der Waals surface area contributed by atoms with Gasteiger partial charge in [-0.05, 0) is 71.6 Å². The van der Waals surface area contributed by atoms with Crippen molar-refractivity contribution in [1.29, 1.82) is 0 Å². The second kappa shape index (κ2) is 13.1. The smallest absolute Gasteiger partial charge is 0.509 e. The van der Waals surface area contributed by atoms with Crippen molar-refractivity contribution in [2.24, 2.45) is 0 Å². The third-order valence-corrected chi connectivity index (χ3v) is 8.43. The van der Waals surface area contributed by atoms with Crippen LogP contribution in [0.15, 0.2) is 97.5 Å². The van der Waals surface area contributed by atoms with E-state index in [-0.39, 0.29) is 26.9 Å². The van der Waals surface area contributed by atoms with Crippen molar-refractivity contribution < 1.29 is 30.2 Å². The second-order valence-electron chi connectivity index (χ2n) is 11.7. The summed E-state index contributed by atoms with van der Waals surface area (Å²) in [7, 11) is 0. The average Bonchev–Trinajstić information content (AvgIpc) is 3.64. The van der Waals surface area contributed by atoms with E-state index in [1.165, 1.54) is 53.4 Å². The summed E-state index contributed by atoms with van der Waals surface area (Å²) in [6.45, 7) is 8.90. The minimum Gasteiger partial charge on any atom is -0.509 e. The molecule has 3 heterocycles. The summed E-state index contributed by atoms with van der Waals surface area (Å²) in [5.41, 5.74) is 8.61. The summed E-state index contributed by atoms with van der Waals surface area (Å²) in [6.07, 6.45) is 7.79. The SMILES string of the molecule is CCCC(C)c1cc(C)c(-c2cnn(-c3[c-]c(Oc4[c-]c5c(cc4)c4ccccc4n5-c4cc(F)ccn4)ccc3)c2)c(C)c1.[Pt+2].